The zero-order valence-corrected chi connectivity index (χ0v) is 13.4. The van der Waals surface area contributed by atoms with E-state index in [0.29, 0.717) is 10.2 Å². The molecule has 0 fully saturated rings. The Morgan fingerprint density at radius 2 is 2.15 bits per heavy atom. The molecule has 2 aromatic heterocycles. The van der Waals surface area contributed by atoms with E-state index in [-0.39, 0.29) is 12.1 Å². The molecule has 1 unspecified atom stereocenters. The van der Waals surface area contributed by atoms with Crippen LogP contribution in [0.25, 0.3) is 0 Å². The maximum atomic E-state index is 6.33. The molecule has 0 spiro atoms. The lowest BCUT2D eigenvalue weighted by molar-refractivity contribution is 0.469. The lowest BCUT2D eigenvalue weighted by Crippen LogP contribution is -2.26. The number of nitrogens with zero attached hydrogens (tertiary/aromatic N) is 2. The Kier molecular flexibility index (Phi) is 5.13. The van der Waals surface area contributed by atoms with Crippen LogP contribution >= 0.6 is 23.2 Å². The van der Waals surface area contributed by atoms with Gasteiger partial charge in [-0.25, -0.2) is 0 Å². The minimum Gasteiger partial charge on any atom is -0.453 e. The van der Waals surface area contributed by atoms with Crippen LogP contribution in [0.3, 0.4) is 0 Å². The van der Waals surface area contributed by atoms with Crippen molar-refractivity contribution in [1.29, 1.82) is 0 Å². The molecule has 0 amide bonds. The van der Waals surface area contributed by atoms with Crippen LogP contribution in [0.4, 0.5) is 0 Å². The van der Waals surface area contributed by atoms with Gasteiger partial charge in [-0.3, -0.25) is 4.68 Å². The predicted molar refractivity (Wildman–Crippen MR) is 81.5 cm³/mol. The maximum Gasteiger partial charge on any atom is 0.198 e. The van der Waals surface area contributed by atoms with Gasteiger partial charge in [-0.05, 0) is 44.5 Å². The third kappa shape index (κ3) is 3.03. The quantitative estimate of drug-likeness (QED) is 0.856. The summed E-state index contributed by atoms with van der Waals surface area (Å²) in [5.41, 5.74) is 1.79. The molecule has 0 aliphatic heterocycles. The van der Waals surface area contributed by atoms with E-state index in [1.165, 1.54) is 0 Å². The average Bonchev–Trinajstić information content (AvgIpc) is 2.98. The van der Waals surface area contributed by atoms with Crippen LogP contribution < -0.4 is 5.32 Å². The summed E-state index contributed by atoms with van der Waals surface area (Å²) in [6.07, 6.45) is 4.27. The Bertz CT molecular complexity index is 563. The molecule has 1 N–H and O–H groups in total. The Balaban J connectivity index is 2.46. The molecule has 4 nitrogen and oxygen atoms in total. The van der Waals surface area contributed by atoms with E-state index < -0.39 is 0 Å². The molecule has 2 aromatic rings. The predicted octanol–water partition coefficient (Wildman–Crippen LogP) is 4.45. The molecule has 0 bridgehead atoms. The number of rotatable bonds is 6. The van der Waals surface area contributed by atoms with Crippen LogP contribution in [0.1, 0.15) is 50.5 Å². The van der Waals surface area contributed by atoms with Crippen molar-refractivity contribution in [3.63, 3.8) is 0 Å². The summed E-state index contributed by atoms with van der Waals surface area (Å²) in [6, 6.07) is 1.96. The second-order valence-corrected chi connectivity index (χ2v) is 5.70. The number of aromatic nitrogens is 2. The maximum absolute atomic E-state index is 6.33. The van der Waals surface area contributed by atoms with Crippen molar-refractivity contribution in [2.45, 2.75) is 39.3 Å². The molecule has 110 valence electrons. The lowest BCUT2D eigenvalue weighted by atomic mass is 10.1. The molecule has 0 radical (unpaired) electrons. The second kappa shape index (κ2) is 6.66. The Morgan fingerprint density at radius 3 is 2.70 bits per heavy atom. The van der Waals surface area contributed by atoms with Crippen LogP contribution in [-0.4, -0.2) is 16.3 Å². The fourth-order valence-electron chi connectivity index (χ4n) is 2.19. The van der Waals surface area contributed by atoms with E-state index in [1.54, 1.807) is 12.5 Å². The van der Waals surface area contributed by atoms with Crippen LogP contribution in [0, 0.1) is 0 Å². The summed E-state index contributed by atoms with van der Waals surface area (Å²) in [7, 11) is 0. The highest BCUT2D eigenvalue weighted by Gasteiger charge is 2.25. The molecular formula is C14H19Cl2N3O. The van der Waals surface area contributed by atoms with Crippen molar-refractivity contribution in [2.75, 3.05) is 6.54 Å². The van der Waals surface area contributed by atoms with E-state index in [2.05, 4.69) is 31.2 Å². The van der Waals surface area contributed by atoms with E-state index in [9.17, 15) is 0 Å². The van der Waals surface area contributed by atoms with Crippen LogP contribution in [0.15, 0.2) is 22.9 Å². The minimum absolute atomic E-state index is 0.126. The number of halogens is 2. The summed E-state index contributed by atoms with van der Waals surface area (Å²) in [4.78, 5) is 0. The van der Waals surface area contributed by atoms with Crippen molar-refractivity contribution in [3.8, 4) is 0 Å². The van der Waals surface area contributed by atoms with Gasteiger partial charge in [0.25, 0.3) is 0 Å². The van der Waals surface area contributed by atoms with Crippen LogP contribution in [-0.2, 0) is 0 Å². The van der Waals surface area contributed by atoms with Crippen molar-refractivity contribution in [2.24, 2.45) is 0 Å². The van der Waals surface area contributed by atoms with E-state index in [1.807, 2.05) is 10.7 Å². The van der Waals surface area contributed by atoms with Crippen molar-refractivity contribution < 1.29 is 4.42 Å². The van der Waals surface area contributed by atoms with Gasteiger partial charge in [0, 0.05) is 11.6 Å². The Hall–Kier alpha value is -0.970. The van der Waals surface area contributed by atoms with Gasteiger partial charge in [0.2, 0.25) is 0 Å². The van der Waals surface area contributed by atoms with Crippen LogP contribution in [0.2, 0.25) is 10.2 Å². The first-order valence-corrected chi connectivity index (χ1v) is 7.51. The van der Waals surface area contributed by atoms with E-state index in [0.717, 1.165) is 24.2 Å². The van der Waals surface area contributed by atoms with Gasteiger partial charge in [0.05, 0.1) is 29.2 Å². The highest BCUT2D eigenvalue weighted by Crippen LogP contribution is 2.34. The number of hydrogen-bond acceptors (Lipinski definition) is 3. The minimum atomic E-state index is -0.126. The van der Waals surface area contributed by atoms with Gasteiger partial charge in [0.15, 0.2) is 5.22 Å². The molecule has 0 saturated heterocycles. The molecule has 2 heterocycles. The molecule has 1 atom stereocenters. The fraction of sp³-hybridized carbons (Fsp3) is 0.500. The third-order valence-corrected chi connectivity index (χ3v) is 3.70. The third-order valence-electron chi connectivity index (χ3n) is 3.11. The molecule has 0 aromatic carbocycles. The largest absolute Gasteiger partial charge is 0.453 e. The number of nitrogens with one attached hydrogen (secondary N) is 1. The molecule has 0 saturated carbocycles. The van der Waals surface area contributed by atoms with Gasteiger partial charge in [-0.1, -0.05) is 18.5 Å². The molecule has 20 heavy (non-hydrogen) atoms. The van der Waals surface area contributed by atoms with Crippen molar-refractivity contribution >= 4 is 23.2 Å². The normalized spacial score (nSPS) is 13.1. The summed E-state index contributed by atoms with van der Waals surface area (Å²) in [6.45, 7) is 7.11. The second-order valence-electron chi connectivity index (χ2n) is 4.95. The average molecular weight is 316 g/mol. The summed E-state index contributed by atoms with van der Waals surface area (Å²) < 4.78 is 7.13. The van der Waals surface area contributed by atoms with Crippen LogP contribution in [0.5, 0.6) is 0 Å². The Labute approximate surface area is 129 Å². The SMILES string of the molecule is CCCNC(c1ccoc1Cl)c1c(Cl)cnn1C(C)C. The number of hydrogen-bond donors (Lipinski definition) is 1. The van der Waals surface area contributed by atoms with Crippen molar-refractivity contribution in [3.05, 3.63) is 40.0 Å². The molecule has 6 heteroatoms. The number of furan rings is 1. The summed E-state index contributed by atoms with van der Waals surface area (Å²) in [5.74, 6) is 0. The molecule has 0 aliphatic carbocycles. The molecule has 2 rings (SSSR count). The fourth-order valence-corrected chi connectivity index (χ4v) is 2.65. The zero-order valence-electron chi connectivity index (χ0n) is 11.9. The van der Waals surface area contributed by atoms with Gasteiger partial charge < -0.3 is 9.73 Å². The smallest absolute Gasteiger partial charge is 0.198 e. The standard InChI is InChI=1S/C14H19Cl2N3O/c1-4-6-17-12(10-5-7-20-14(10)16)13-11(15)8-18-19(13)9(2)3/h5,7-9,12,17H,4,6H2,1-3H3. The van der Waals surface area contributed by atoms with E-state index in [4.69, 9.17) is 27.6 Å². The highest BCUT2D eigenvalue weighted by atomic mass is 35.5. The molecular weight excluding hydrogens is 297 g/mol. The first kappa shape index (κ1) is 15.4. The van der Waals surface area contributed by atoms with Gasteiger partial charge in [-0.2, -0.15) is 5.10 Å². The first-order valence-electron chi connectivity index (χ1n) is 6.75. The lowest BCUT2D eigenvalue weighted by Gasteiger charge is -2.21. The topological polar surface area (TPSA) is 43.0 Å². The monoisotopic (exact) mass is 315 g/mol. The van der Waals surface area contributed by atoms with E-state index >= 15 is 0 Å². The summed E-state index contributed by atoms with van der Waals surface area (Å²) in [5, 5.41) is 8.83. The Morgan fingerprint density at radius 1 is 1.40 bits per heavy atom. The van der Waals surface area contributed by atoms with Gasteiger partial charge >= 0.3 is 0 Å². The molecule has 0 aliphatic rings. The van der Waals surface area contributed by atoms with Gasteiger partial charge in [-0.15, -0.1) is 0 Å². The van der Waals surface area contributed by atoms with Gasteiger partial charge in [0.1, 0.15) is 0 Å². The zero-order chi connectivity index (χ0) is 14.7. The first-order chi connectivity index (χ1) is 9.56. The van der Waals surface area contributed by atoms with Crippen molar-refractivity contribution in [1.82, 2.24) is 15.1 Å². The summed E-state index contributed by atoms with van der Waals surface area (Å²) >= 11 is 12.5. The highest BCUT2D eigenvalue weighted by molar-refractivity contribution is 6.31.